The molecule has 144 valence electrons. The number of hydrogen-bond acceptors (Lipinski definition) is 6. The van der Waals surface area contributed by atoms with E-state index < -0.39 is 23.8 Å². The first kappa shape index (κ1) is 20.4. The van der Waals surface area contributed by atoms with Gasteiger partial charge in [0.05, 0.1) is 14.2 Å². The molecule has 0 bridgehead atoms. The predicted molar refractivity (Wildman–Crippen MR) is 104 cm³/mol. The van der Waals surface area contributed by atoms with Crippen LogP contribution >= 0.6 is 0 Å². The van der Waals surface area contributed by atoms with Crippen LogP contribution in [0, 0.1) is 0 Å². The number of methoxy groups -OCH3 is 2. The Hall–Kier alpha value is -3.94. The fraction of sp³-hybridized carbons (Fsp3) is 0.100. The predicted octanol–water partition coefficient (Wildman–Crippen LogP) is 2.18. The van der Waals surface area contributed by atoms with Crippen LogP contribution in [-0.4, -0.2) is 38.0 Å². The van der Waals surface area contributed by atoms with Crippen molar-refractivity contribution in [1.82, 2.24) is 0 Å². The number of anilines is 2. The highest BCUT2D eigenvalue weighted by atomic mass is 16.5. The highest BCUT2D eigenvalue weighted by Gasteiger charge is 2.08. The Morgan fingerprint density at radius 1 is 0.679 bits per heavy atom. The molecule has 0 radical (unpaired) electrons. The monoisotopic (exact) mass is 382 g/mol. The van der Waals surface area contributed by atoms with Crippen LogP contribution in [-0.2, 0) is 28.7 Å². The van der Waals surface area contributed by atoms with E-state index >= 15 is 0 Å². The van der Waals surface area contributed by atoms with E-state index in [9.17, 15) is 19.2 Å². The lowest BCUT2D eigenvalue weighted by Crippen LogP contribution is -2.11. The van der Waals surface area contributed by atoms with Gasteiger partial charge >= 0.3 is 11.9 Å². The van der Waals surface area contributed by atoms with Crippen LogP contribution in [0.25, 0.3) is 10.8 Å². The third-order valence-electron chi connectivity index (χ3n) is 3.58. The molecule has 8 heteroatoms. The van der Waals surface area contributed by atoms with Crippen LogP contribution in [0.4, 0.5) is 11.4 Å². The zero-order valence-corrected chi connectivity index (χ0v) is 15.2. The maximum absolute atomic E-state index is 12.0. The van der Waals surface area contributed by atoms with Crippen LogP contribution < -0.4 is 10.6 Å². The molecule has 0 saturated carbocycles. The van der Waals surface area contributed by atoms with Gasteiger partial charge in [-0.05, 0) is 12.1 Å². The van der Waals surface area contributed by atoms with Crippen LogP contribution in [0.1, 0.15) is 0 Å². The number of carbonyl (C=O) groups excluding carboxylic acids is 4. The van der Waals surface area contributed by atoms with Gasteiger partial charge in [0, 0.05) is 46.5 Å². The summed E-state index contributed by atoms with van der Waals surface area (Å²) in [5.74, 6) is -2.29. The molecular formula is C20H18N2O6. The number of carbonyl (C=O) groups is 4. The number of fused-ring (bicyclic) bond motifs is 1. The highest BCUT2D eigenvalue weighted by Crippen LogP contribution is 2.29. The van der Waals surface area contributed by atoms with Gasteiger partial charge in [-0.25, -0.2) is 9.59 Å². The Kier molecular flexibility index (Phi) is 7.04. The van der Waals surface area contributed by atoms with Gasteiger partial charge in [-0.3, -0.25) is 9.59 Å². The van der Waals surface area contributed by atoms with Crippen LogP contribution in [0.3, 0.4) is 0 Å². The molecule has 0 saturated heterocycles. The summed E-state index contributed by atoms with van der Waals surface area (Å²) in [6.07, 6.45) is 4.15. The van der Waals surface area contributed by atoms with Crippen molar-refractivity contribution in [1.29, 1.82) is 0 Å². The molecule has 2 aromatic rings. The average molecular weight is 382 g/mol. The first-order valence-corrected chi connectivity index (χ1v) is 8.10. The smallest absolute Gasteiger partial charge is 0.330 e. The Morgan fingerprint density at radius 2 is 1.07 bits per heavy atom. The molecule has 2 aromatic carbocycles. The van der Waals surface area contributed by atoms with Gasteiger partial charge in [0.15, 0.2) is 0 Å². The third-order valence-corrected chi connectivity index (χ3v) is 3.58. The van der Waals surface area contributed by atoms with Crippen LogP contribution in [0.5, 0.6) is 0 Å². The molecule has 8 nitrogen and oxygen atoms in total. The van der Waals surface area contributed by atoms with E-state index in [4.69, 9.17) is 0 Å². The maximum Gasteiger partial charge on any atom is 0.330 e. The van der Waals surface area contributed by atoms with E-state index in [-0.39, 0.29) is 0 Å². The summed E-state index contributed by atoms with van der Waals surface area (Å²) in [5.41, 5.74) is 0.997. The number of hydrogen-bond donors (Lipinski definition) is 2. The second-order valence-corrected chi connectivity index (χ2v) is 5.40. The van der Waals surface area contributed by atoms with E-state index in [0.29, 0.717) is 22.1 Å². The third kappa shape index (κ3) is 5.53. The standard InChI is InChI=1S/C20H18N2O6/c1-27-19(25)11-9-17(23)21-15-7-3-6-14-13(15)5-4-8-16(14)22-18(24)10-12-20(26)28-2/h3-12H,1-2H3,(H,21,23)(H,22,24)/b11-9+,12-10+. The zero-order chi connectivity index (χ0) is 20.5. The van der Waals surface area contributed by atoms with E-state index in [1.807, 2.05) is 0 Å². The highest BCUT2D eigenvalue weighted by molar-refractivity contribution is 6.12. The number of rotatable bonds is 6. The molecule has 0 fully saturated rings. The Balaban J connectivity index is 2.24. The molecule has 0 spiro atoms. The van der Waals surface area contributed by atoms with Gasteiger partial charge in [0.25, 0.3) is 0 Å². The molecule has 0 heterocycles. The Morgan fingerprint density at radius 3 is 1.43 bits per heavy atom. The number of nitrogens with one attached hydrogen (secondary N) is 2. The van der Waals surface area contributed by atoms with Crippen molar-refractivity contribution in [3.63, 3.8) is 0 Å². The molecule has 0 aliphatic heterocycles. The maximum atomic E-state index is 12.0. The van der Waals surface area contributed by atoms with E-state index in [1.54, 1.807) is 36.4 Å². The Bertz CT molecular complexity index is 899. The fourth-order valence-corrected chi connectivity index (χ4v) is 2.30. The van der Waals surface area contributed by atoms with Crippen LogP contribution in [0.2, 0.25) is 0 Å². The second-order valence-electron chi connectivity index (χ2n) is 5.40. The van der Waals surface area contributed by atoms with Gasteiger partial charge in [0.1, 0.15) is 0 Å². The quantitative estimate of drug-likeness (QED) is 0.585. The van der Waals surface area contributed by atoms with Crippen molar-refractivity contribution in [2.45, 2.75) is 0 Å². The summed E-state index contributed by atoms with van der Waals surface area (Å²) in [4.78, 5) is 46.1. The first-order valence-electron chi connectivity index (χ1n) is 8.10. The largest absolute Gasteiger partial charge is 0.466 e. The lowest BCUT2D eigenvalue weighted by molar-refractivity contribution is -0.135. The molecule has 0 unspecified atom stereocenters. The Labute approximate surface area is 160 Å². The molecule has 0 aliphatic carbocycles. The van der Waals surface area contributed by atoms with Crippen molar-refractivity contribution in [2.75, 3.05) is 24.9 Å². The molecule has 0 atom stereocenters. The number of esters is 2. The normalized spacial score (nSPS) is 10.8. The molecule has 0 aliphatic rings. The van der Waals surface area contributed by atoms with Gasteiger partial charge in [-0.1, -0.05) is 24.3 Å². The number of ether oxygens (including phenoxy) is 2. The van der Waals surface area contributed by atoms with Crippen molar-refractivity contribution in [2.24, 2.45) is 0 Å². The SMILES string of the molecule is COC(=O)/C=C/C(=O)Nc1cccc2c(NC(=O)/C=C/C(=O)OC)cccc12. The summed E-state index contributed by atoms with van der Waals surface area (Å²) in [6.45, 7) is 0. The minimum Gasteiger partial charge on any atom is -0.466 e. The minimum atomic E-state index is -0.641. The first-order chi connectivity index (χ1) is 13.4. The van der Waals surface area contributed by atoms with Crippen molar-refractivity contribution in [3.05, 3.63) is 60.7 Å². The number of benzene rings is 2. The van der Waals surface area contributed by atoms with E-state index in [0.717, 1.165) is 24.3 Å². The van der Waals surface area contributed by atoms with Gasteiger partial charge in [0.2, 0.25) is 11.8 Å². The molecule has 0 aromatic heterocycles. The lowest BCUT2D eigenvalue weighted by Gasteiger charge is -2.11. The second kappa shape index (κ2) is 9.67. The summed E-state index contributed by atoms with van der Waals surface area (Å²) in [7, 11) is 2.43. The van der Waals surface area contributed by atoms with Gasteiger partial charge in [-0.2, -0.15) is 0 Å². The molecular weight excluding hydrogens is 364 g/mol. The molecule has 2 rings (SSSR count). The topological polar surface area (TPSA) is 111 Å². The average Bonchev–Trinajstić information content (AvgIpc) is 2.70. The van der Waals surface area contributed by atoms with Crippen molar-refractivity contribution >= 4 is 45.9 Å². The molecule has 2 N–H and O–H groups in total. The zero-order valence-electron chi connectivity index (χ0n) is 15.2. The number of amides is 2. The van der Waals surface area contributed by atoms with Crippen molar-refractivity contribution < 1.29 is 28.7 Å². The van der Waals surface area contributed by atoms with E-state index in [2.05, 4.69) is 20.1 Å². The summed E-state index contributed by atoms with van der Waals surface area (Å²) < 4.78 is 8.87. The van der Waals surface area contributed by atoms with Gasteiger partial charge < -0.3 is 20.1 Å². The van der Waals surface area contributed by atoms with Gasteiger partial charge in [-0.15, -0.1) is 0 Å². The lowest BCUT2D eigenvalue weighted by atomic mass is 10.1. The summed E-state index contributed by atoms with van der Waals surface area (Å²) >= 11 is 0. The van der Waals surface area contributed by atoms with E-state index in [1.165, 1.54) is 14.2 Å². The minimum absolute atomic E-state index is 0.498. The van der Waals surface area contributed by atoms with Crippen LogP contribution in [0.15, 0.2) is 60.7 Å². The summed E-state index contributed by atoms with van der Waals surface area (Å²) in [6, 6.07) is 10.3. The fourth-order valence-electron chi connectivity index (χ4n) is 2.30. The molecule has 2 amide bonds. The molecule has 28 heavy (non-hydrogen) atoms. The van der Waals surface area contributed by atoms with Crippen molar-refractivity contribution in [3.8, 4) is 0 Å². The summed E-state index contributed by atoms with van der Waals surface area (Å²) in [5, 5.41) is 6.70.